The van der Waals surface area contributed by atoms with Crippen molar-refractivity contribution in [2.75, 3.05) is 6.54 Å². The number of nitro groups is 1. The van der Waals surface area contributed by atoms with Gasteiger partial charge in [-0.3, -0.25) is 10.1 Å². The highest BCUT2D eigenvalue weighted by molar-refractivity contribution is 5.34. The van der Waals surface area contributed by atoms with Gasteiger partial charge in [0.2, 0.25) is 0 Å². The average molecular weight is 234 g/mol. The summed E-state index contributed by atoms with van der Waals surface area (Å²) in [6, 6.07) is 6.84. The van der Waals surface area contributed by atoms with E-state index < -0.39 is 0 Å². The van der Waals surface area contributed by atoms with Gasteiger partial charge in [0.25, 0.3) is 5.69 Å². The van der Waals surface area contributed by atoms with Crippen molar-refractivity contribution in [2.24, 2.45) is 0 Å². The Labute approximate surface area is 101 Å². The van der Waals surface area contributed by atoms with Gasteiger partial charge in [0.1, 0.15) is 0 Å². The van der Waals surface area contributed by atoms with Crippen LogP contribution in [0.4, 0.5) is 5.69 Å². The fourth-order valence-corrected chi connectivity index (χ4v) is 1.44. The Balaban J connectivity index is 2.60. The lowest BCUT2D eigenvalue weighted by Crippen LogP contribution is -2.18. The normalized spacial score (nSPS) is 11.9. The Morgan fingerprint density at radius 3 is 2.47 bits per heavy atom. The molecule has 17 heavy (non-hydrogen) atoms. The summed E-state index contributed by atoms with van der Waals surface area (Å²) in [4.78, 5) is 10.1. The summed E-state index contributed by atoms with van der Waals surface area (Å²) in [7, 11) is 0. The fourth-order valence-electron chi connectivity index (χ4n) is 1.44. The van der Waals surface area contributed by atoms with Crippen LogP contribution in [0.2, 0.25) is 0 Å². The van der Waals surface area contributed by atoms with Crippen molar-refractivity contribution < 1.29 is 4.92 Å². The average Bonchev–Trinajstić information content (AvgIpc) is 2.28. The van der Waals surface area contributed by atoms with Crippen molar-refractivity contribution in [2.45, 2.75) is 26.8 Å². The van der Waals surface area contributed by atoms with Crippen LogP contribution in [0.15, 0.2) is 35.9 Å². The van der Waals surface area contributed by atoms with Crippen LogP contribution in [0, 0.1) is 10.1 Å². The highest BCUT2D eigenvalue weighted by atomic mass is 16.6. The smallest absolute Gasteiger partial charge is 0.269 e. The molecule has 0 spiro atoms. The number of nitro benzene ring substituents is 1. The number of rotatable bonds is 5. The van der Waals surface area contributed by atoms with Gasteiger partial charge in [0, 0.05) is 24.7 Å². The molecule has 1 aromatic rings. The predicted octanol–water partition coefficient (Wildman–Crippen LogP) is 3.21. The van der Waals surface area contributed by atoms with Gasteiger partial charge in [0.15, 0.2) is 0 Å². The highest BCUT2D eigenvalue weighted by Gasteiger charge is 2.07. The molecule has 0 bridgehead atoms. The van der Waals surface area contributed by atoms with Crippen LogP contribution in [-0.4, -0.2) is 11.5 Å². The fraction of sp³-hybridized carbons (Fsp3) is 0.385. The second-order valence-electron chi connectivity index (χ2n) is 4.26. The Morgan fingerprint density at radius 1 is 1.41 bits per heavy atom. The zero-order chi connectivity index (χ0) is 12.8. The van der Waals surface area contributed by atoms with Crippen molar-refractivity contribution in [1.29, 1.82) is 0 Å². The Kier molecular flexibility index (Phi) is 4.84. The van der Waals surface area contributed by atoms with E-state index in [0.717, 1.165) is 12.1 Å². The molecule has 1 aromatic carbocycles. The van der Waals surface area contributed by atoms with Crippen LogP contribution >= 0.6 is 0 Å². The molecule has 0 saturated carbocycles. The topological polar surface area (TPSA) is 55.2 Å². The molecule has 0 saturated heterocycles. The lowest BCUT2D eigenvalue weighted by molar-refractivity contribution is -0.384. The first-order valence-electron chi connectivity index (χ1n) is 5.62. The quantitative estimate of drug-likeness (QED) is 0.483. The van der Waals surface area contributed by atoms with Gasteiger partial charge in [0.05, 0.1) is 4.92 Å². The molecule has 4 nitrogen and oxygen atoms in total. The minimum Gasteiger partial charge on any atom is -0.307 e. The van der Waals surface area contributed by atoms with E-state index in [2.05, 4.69) is 25.2 Å². The summed E-state index contributed by atoms with van der Waals surface area (Å²) >= 11 is 0. The molecule has 1 N–H and O–H groups in total. The molecule has 0 aliphatic heterocycles. The zero-order valence-electron chi connectivity index (χ0n) is 10.4. The van der Waals surface area contributed by atoms with Gasteiger partial charge in [-0.2, -0.15) is 0 Å². The molecule has 0 fully saturated rings. The number of nitrogens with one attached hydrogen (secondary N) is 1. The van der Waals surface area contributed by atoms with Crippen LogP contribution in [0.1, 0.15) is 32.4 Å². The van der Waals surface area contributed by atoms with E-state index >= 15 is 0 Å². The van der Waals surface area contributed by atoms with Gasteiger partial charge in [-0.1, -0.05) is 23.8 Å². The number of nitrogens with zero attached hydrogens (tertiary/aromatic N) is 1. The Morgan fingerprint density at radius 2 is 2.00 bits per heavy atom. The maximum Gasteiger partial charge on any atom is 0.269 e. The molecular formula is C13H18N2O2. The van der Waals surface area contributed by atoms with E-state index in [9.17, 15) is 10.1 Å². The number of hydrogen-bond acceptors (Lipinski definition) is 3. The van der Waals surface area contributed by atoms with Gasteiger partial charge < -0.3 is 5.32 Å². The van der Waals surface area contributed by atoms with Crippen LogP contribution in [0.5, 0.6) is 0 Å². The Hall–Kier alpha value is -1.68. The molecule has 0 aliphatic rings. The van der Waals surface area contributed by atoms with Crippen LogP contribution < -0.4 is 5.32 Å². The van der Waals surface area contributed by atoms with Crippen molar-refractivity contribution in [3.05, 3.63) is 51.6 Å². The van der Waals surface area contributed by atoms with Crippen molar-refractivity contribution in [3.63, 3.8) is 0 Å². The first kappa shape index (κ1) is 13.4. The van der Waals surface area contributed by atoms with Crippen molar-refractivity contribution >= 4 is 5.69 Å². The second-order valence-corrected chi connectivity index (χ2v) is 4.26. The SMILES string of the molecule is CC(C)=CCNC(C)c1ccc([N+](=O)[O-])cc1. The van der Waals surface area contributed by atoms with E-state index in [1.54, 1.807) is 12.1 Å². The summed E-state index contributed by atoms with van der Waals surface area (Å²) in [5.74, 6) is 0. The summed E-state index contributed by atoms with van der Waals surface area (Å²) in [6.07, 6.45) is 2.11. The predicted molar refractivity (Wildman–Crippen MR) is 68.9 cm³/mol. The first-order chi connectivity index (χ1) is 8.00. The lowest BCUT2D eigenvalue weighted by Gasteiger charge is -2.12. The first-order valence-corrected chi connectivity index (χ1v) is 5.62. The van der Waals surface area contributed by atoms with Crippen LogP contribution in [0.25, 0.3) is 0 Å². The van der Waals surface area contributed by atoms with Crippen molar-refractivity contribution in [1.82, 2.24) is 5.32 Å². The third kappa shape index (κ3) is 4.36. The minimum atomic E-state index is -0.384. The standard InChI is InChI=1S/C13H18N2O2/c1-10(2)8-9-14-11(3)12-4-6-13(7-5-12)15(16)17/h4-8,11,14H,9H2,1-3H3. The third-order valence-electron chi connectivity index (χ3n) is 2.54. The maximum atomic E-state index is 10.5. The number of hydrogen-bond donors (Lipinski definition) is 1. The van der Waals surface area contributed by atoms with E-state index in [4.69, 9.17) is 0 Å². The molecule has 92 valence electrons. The van der Waals surface area contributed by atoms with Gasteiger partial charge >= 0.3 is 0 Å². The van der Waals surface area contributed by atoms with Gasteiger partial charge in [-0.25, -0.2) is 0 Å². The largest absolute Gasteiger partial charge is 0.307 e. The zero-order valence-corrected chi connectivity index (χ0v) is 10.4. The van der Waals surface area contributed by atoms with E-state index in [1.807, 2.05) is 6.92 Å². The molecule has 0 aliphatic carbocycles. The van der Waals surface area contributed by atoms with E-state index in [-0.39, 0.29) is 16.7 Å². The minimum absolute atomic E-state index is 0.130. The molecule has 1 atom stereocenters. The highest BCUT2D eigenvalue weighted by Crippen LogP contribution is 2.17. The van der Waals surface area contributed by atoms with E-state index in [0.29, 0.717) is 0 Å². The number of allylic oxidation sites excluding steroid dienone is 1. The van der Waals surface area contributed by atoms with Crippen LogP contribution in [-0.2, 0) is 0 Å². The monoisotopic (exact) mass is 234 g/mol. The molecule has 4 heteroatoms. The second kappa shape index (κ2) is 6.15. The molecule has 0 aromatic heterocycles. The van der Waals surface area contributed by atoms with E-state index in [1.165, 1.54) is 17.7 Å². The van der Waals surface area contributed by atoms with Gasteiger partial charge in [-0.05, 0) is 26.3 Å². The Bertz CT molecular complexity index is 406. The summed E-state index contributed by atoms with van der Waals surface area (Å²) < 4.78 is 0. The molecule has 0 heterocycles. The molecule has 0 radical (unpaired) electrons. The molecule has 1 rings (SSSR count). The summed E-state index contributed by atoms with van der Waals surface area (Å²) in [5, 5.41) is 13.8. The number of non-ortho nitro benzene ring substituents is 1. The summed E-state index contributed by atoms with van der Waals surface area (Å²) in [5.41, 5.74) is 2.46. The molecular weight excluding hydrogens is 216 g/mol. The number of benzene rings is 1. The van der Waals surface area contributed by atoms with Crippen molar-refractivity contribution in [3.8, 4) is 0 Å². The molecule has 0 amide bonds. The van der Waals surface area contributed by atoms with Crippen LogP contribution in [0.3, 0.4) is 0 Å². The third-order valence-corrected chi connectivity index (χ3v) is 2.54. The summed E-state index contributed by atoms with van der Waals surface area (Å²) in [6.45, 7) is 6.96. The molecule has 1 unspecified atom stereocenters. The van der Waals surface area contributed by atoms with Gasteiger partial charge in [-0.15, -0.1) is 0 Å². The maximum absolute atomic E-state index is 10.5. The lowest BCUT2D eigenvalue weighted by atomic mass is 10.1.